The first-order valence-corrected chi connectivity index (χ1v) is 9.09. The van der Waals surface area contributed by atoms with Crippen LogP contribution < -0.4 is 5.32 Å². The van der Waals surface area contributed by atoms with Crippen molar-refractivity contribution in [1.82, 2.24) is 5.32 Å². The number of alkyl halides is 3. The van der Waals surface area contributed by atoms with Crippen molar-refractivity contribution in [3.8, 4) is 0 Å². The van der Waals surface area contributed by atoms with Crippen LogP contribution in [0.4, 0.5) is 13.2 Å². The number of halogens is 3. The SMILES string of the molecule is C[C@@H](CCc1ccccc1)NC(=O)COC(=O)/C=C/c1ccc(C(F)(F)F)cc1. The van der Waals surface area contributed by atoms with Gasteiger partial charge in [0.15, 0.2) is 6.61 Å². The summed E-state index contributed by atoms with van der Waals surface area (Å²) in [5.41, 5.74) is 0.817. The van der Waals surface area contributed by atoms with Crippen molar-refractivity contribution >= 4 is 18.0 Å². The smallest absolute Gasteiger partial charge is 0.416 e. The molecule has 0 radical (unpaired) electrons. The molecule has 154 valence electrons. The largest absolute Gasteiger partial charge is 0.452 e. The van der Waals surface area contributed by atoms with Gasteiger partial charge in [-0.05, 0) is 49.1 Å². The Balaban J connectivity index is 1.71. The Bertz CT molecular complexity index is 831. The number of carbonyl (C=O) groups is 2. The van der Waals surface area contributed by atoms with Gasteiger partial charge in [-0.3, -0.25) is 4.79 Å². The summed E-state index contributed by atoms with van der Waals surface area (Å²) in [5.74, 6) is -1.17. The van der Waals surface area contributed by atoms with Gasteiger partial charge in [-0.25, -0.2) is 4.79 Å². The number of carbonyl (C=O) groups excluding carboxylic acids is 2. The lowest BCUT2D eigenvalue weighted by Gasteiger charge is -2.13. The number of esters is 1. The van der Waals surface area contributed by atoms with Crippen molar-refractivity contribution in [2.45, 2.75) is 32.0 Å². The molecule has 0 fully saturated rings. The van der Waals surface area contributed by atoms with Crippen molar-refractivity contribution < 1.29 is 27.5 Å². The van der Waals surface area contributed by atoms with Crippen LogP contribution in [0.15, 0.2) is 60.7 Å². The van der Waals surface area contributed by atoms with Crippen LogP contribution in [0.2, 0.25) is 0 Å². The second-order valence-corrected chi connectivity index (χ2v) is 6.55. The van der Waals surface area contributed by atoms with Gasteiger partial charge in [-0.1, -0.05) is 42.5 Å². The second kappa shape index (κ2) is 10.5. The van der Waals surface area contributed by atoms with Gasteiger partial charge >= 0.3 is 12.1 Å². The van der Waals surface area contributed by atoms with Crippen molar-refractivity contribution in [3.63, 3.8) is 0 Å². The number of hydrogen-bond donors (Lipinski definition) is 1. The maximum Gasteiger partial charge on any atom is 0.416 e. The van der Waals surface area contributed by atoms with E-state index < -0.39 is 30.2 Å². The van der Waals surface area contributed by atoms with Crippen LogP contribution in [0.5, 0.6) is 0 Å². The number of amides is 1. The van der Waals surface area contributed by atoms with Crippen LogP contribution in [-0.4, -0.2) is 24.5 Å². The Kier molecular flexibility index (Phi) is 8.00. The minimum absolute atomic E-state index is 0.0795. The van der Waals surface area contributed by atoms with E-state index in [-0.39, 0.29) is 6.04 Å². The molecule has 0 aliphatic heterocycles. The molecule has 2 rings (SSSR count). The molecule has 0 unspecified atom stereocenters. The maximum atomic E-state index is 12.5. The van der Waals surface area contributed by atoms with Gasteiger partial charge in [-0.2, -0.15) is 13.2 Å². The Morgan fingerprint density at radius 2 is 1.72 bits per heavy atom. The van der Waals surface area contributed by atoms with Crippen molar-refractivity contribution in [2.24, 2.45) is 0 Å². The Morgan fingerprint density at radius 3 is 2.34 bits per heavy atom. The van der Waals surface area contributed by atoms with E-state index in [0.29, 0.717) is 5.56 Å². The molecule has 29 heavy (non-hydrogen) atoms. The molecule has 1 amide bonds. The third-order valence-corrected chi connectivity index (χ3v) is 4.11. The van der Waals surface area contributed by atoms with Gasteiger partial charge in [0.2, 0.25) is 0 Å². The molecule has 0 aliphatic rings. The number of hydrogen-bond acceptors (Lipinski definition) is 3. The molecule has 4 nitrogen and oxygen atoms in total. The first-order chi connectivity index (χ1) is 13.7. The summed E-state index contributed by atoms with van der Waals surface area (Å²) in [7, 11) is 0. The molecular formula is C22H22F3NO3. The molecule has 0 saturated carbocycles. The van der Waals surface area contributed by atoms with Crippen LogP contribution in [0.1, 0.15) is 30.0 Å². The van der Waals surface area contributed by atoms with E-state index in [9.17, 15) is 22.8 Å². The molecule has 2 aromatic rings. The monoisotopic (exact) mass is 405 g/mol. The third-order valence-electron chi connectivity index (χ3n) is 4.11. The van der Waals surface area contributed by atoms with Crippen molar-refractivity contribution in [1.29, 1.82) is 0 Å². The van der Waals surface area contributed by atoms with Gasteiger partial charge in [-0.15, -0.1) is 0 Å². The number of ether oxygens (including phenoxy) is 1. The average molecular weight is 405 g/mol. The summed E-state index contributed by atoms with van der Waals surface area (Å²) in [6.07, 6.45) is -0.459. The molecule has 1 atom stereocenters. The van der Waals surface area contributed by atoms with E-state index in [4.69, 9.17) is 4.74 Å². The molecule has 7 heteroatoms. The summed E-state index contributed by atoms with van der Waals surface area (Å²) in [4.78, 5) is 23.5. The Labute approximate surface area is 167 Å². The van der Waals surface area contributed by atoms with E-state index in [0.717, 1.165) is 31.1 Å². The highest BCUT2D eigenvalue weighted by Crippen LogP contribution is 2.29. The maximum absolute atomic E-state index is 12.5. The fourth-order valence-electron chi connectivity index (χ4n) is 2.55. The summed E-state index contributed by atoms with van der Waals surface area (Å²) in [6, 6.07) is 14.1. The molecule has 0 spiro atoms. The van der Waals surface area contributed by atoms with Gasteiger partial charge in [0.05, 0.1) is 5.56 Å². The quantitative estimate of drug-likeness (QED) is 0.523. The van der Waals surface area contributed by atoms with Crippen LogP contribution in [-0.2, 0) is 26.9 Å². The zero-order valence-electron chi connectivity index (χ0n) is 15.9. The Hall–Kier alpha value is -3.09. The first-order valence-electron chi connectivity index (χ1n) is 9.09. The number of nitrogens with one attached hydrogen (secondary N) is 1. The highest BCUT2D eigenvalue weighted by Gasteiger charge is 2.29. The molecule has 0 aromatic heterocycles. The zero-order chi connectivity index (χ0) is 21.3. The number of aryl methyl sites for hydroxylation is 1. The summed E-state index contributed by atoms with van der Waals surface area (Å²) in [6.45, 7) is 1.44. The molecule has 2 aromatic carbocycles. The van der Waals surface area contributed by atoms with E-state index in [1.807, 2.05) is 37.3 Å². The highest BCUT2D eigenvalue weighted by molar-refractivity contribution is 5.89. The molecule has 0 saturated heterocycles. The van der Waals surface area contributed by atoms with E-state index in [2.05, 4.69) is 5.32 Å². The number of benzene rings is 2. The fourth-order valence-corrected chi connectivity index (χ4v) is 2.55. The van der Waals surface area contributed by atoms with Gasteiger partial charge in [0.25, 0.3) is 5.91 Å². The molecular weight excluding hydrogens is 383 g/mol. The minimum Gasteiger partial charge on any atom is -0.452 e. The van der Waals surface area contributed by atoms with Gasteiger partial charge in [0.1, 0.15) is 0 Å². The van der Waals surface area contributed by atoms with E-state index in [1.165, 1.54) is 23.8 Å². The molecule has 0 heterocycles. The van der Waals surface area contributed by atoms with Gasteiger partial charge < -0.3 is 10.1 Å². The molecule has 0 aliphatic carbocycles. The summed E-state index contributed by atoms with van der Waals surface area (Å²) in [5, 5.41) is 2.75. The fraction of sp³-hybridized carbons (Fsp3) is 0.273. The van der Waals surface area contributed by atoms with Crippen LogP contribution in [0.3, 0.4) is 0 Å². The highest BCUT2D eigenvalue weighted by atomic mass is 19.4. The van der Waals surface area contributed by atoms with Crippen LogP contribution in [0.25, 0.3) is 6.08 Å². The first kappa shape index (κ1) is 22.2. The second-order valence-electron chi connectivity index (χ2n) is 6.55. The zero-order valence-corrected chi connectivity index (χ0v) is 15.9. The predicted octanol–water partition coefficient (Wildman–Crippen LogP) is 4.40. The normalized spacial score (nSPS) is 12.6. The van der Waals surface area contributed by atoms with Gasteiger partial charge in [0, 0.05) is 12.1 Å². The lowest BCUT2D eigenvalue weighted by molar-refractivity contribution is -0.144. The predicted molar refractivity (Wildman–Crippen MR) is 104 cm³/mol. The Morgan fingerprint density at radius 1 is 1.07 bits per heavy atom. The van der Waals surface area contributed by atoms with E-state index >= 15 is 0 Å². The standard InChI is InChI=1S/C22H22F3NO3/c1-16(7-8-17-5-3-2-4-6-17)26-20(27)15-29-21(28)14-11-18-9-12-19(13-10-18)22(23,24)25/h2-6,9-14,16H,7-8,15H2,1H3,(H,26,27)/b14-11+/t16-/m0/s1. The lowest BCUT2D eigenvalue weighted by Crippen LogP contribution is -2.36. The van der Waals surface area contributed by atoms with Crippen LogP contribution >= 0.6 is 0 Å². The summed E-state index contributed by atoms with van der Waals surface area (Å²) < 4.78 is 42.4. The van der Waals surface area contributed by atoms with Crippen molar-refractivity contribution in [3.05, 3.63) is 77.4 Å². The summed E-state index contributed by atoms with van der Waals surface area (Å²) >= 11 is 0. The average Bonchev–Trinajstić information content (AvgIpc) is 2.69. The number of rotatable bonds is 8. The third kappa shape index (κ3) is 8.21. The topological polar surface area (TPSA) is 55.4 Å². The molecule has 1 N–H and O–H groups in total. The van der Waals surface area contributed by atoms with Crippen LogP contribution in [0, 0.1) is 0 Å². The van der Waals surface area contributed by atoms with E-state index in [1.54, 1.807) is 0 Å². The van der Waals surface area contributed by atoms with Crippen molar-refractivity contribution in [2.75, 3.05) is 6.61 Å². The lowest BCUT2D eigenvalue weighted by atomic mass is 10.1. The minimum atomic E-state index is -4.41. The molecule has 0 bridgehead atoms.